The smallest absolute Gasteiger partial charge is 0.335 e. The summed E-state index contributed by atoms with van der Waals surface area (Å²) in [5, 5.41) is 22.2. The second kappa shape index (κ2) is 7.17. The van der Waals surface area contributed by atoms with Crippen molar-refractivity contribution in [1.82, 2.24) is 0 Å². The molecule has 2 aromatic carbocycles. The lowest BCUT2D eigenvalue weighted by atomic mass is 10.1. The van der Waals surface area contributed by atoms with Crippen LogP contribution in [0.3, 0.4) is 0 Å². The molecule has 7 heteroatoms. The van der Waals surface area contributed by atoms with Gasteiger partial charge in [0.25, 0.3) is 5.91 Å². The monoisotopic (exact) mass is 314 g/mol. The number of benzene rings is 2. The molecule has 0 heterocycles. The summed E-state index contributed by atoms with van der Waals surface area (Å²) in [7, 11) is 0. The van der Waals surface area contributed by atoms with Gasteiger partial charge in [-0.1, -0.05) is 24.3 Å². The van der Waals surface area contributed by atoms with Crippen molar-refractivity contribution in [1.29, 1.82) is 0 Å². The van der Waals surface area contributed by atoms with Crippen LogP contribution in [0.15, 0.2) is 48.5 Å². The first-order chi connectivity index (χ1) is 11.0. The SMILES string of the molecule is O=C(O)c1ccc(CC[N+](=O)[O-])c(NC(=O)c2ccccc2)c1. The number of carboxylic acids is 1. The van der Waals surface area contributed by atoms with Gasteiger partial charge in [-0.2, -0.15) is 0 Å². The number of anilines is 1. The van der Waals surface area contributed by atoms with Gasteiger partial charge in [-0.05, 0) is 29.8 Å². The first-order valence-electron chi connectivity index (χ1n) is 6.82. The van der Waals surface area contributed by atoms with Crippen LogP contribution in [0.4, 0.5) is 5.69 Å². The van der Waals surface area contributed by atoms with Crippen LogP contribution in [0.5, 0.6) is 0 Å². The summed E-state index contributed by atoms with van der Waals surface area (Å²) in [6, 6.07) is 12.6. The van der Waals surface area contributed by atoms with Gasteiger partial charge in [0.05, 0.1) is 5.56 Å². The molecule has 23 heavy (non-hydrogen) atoms. The lowest BCUT2D eigenvalue weighted by Crippen LogP contribution is -2.15. The minimum Gasteiger partial charge on any atom is -0.478 e. The number of hydrogen-bond donors (Lipinski definition) is 2. The van der Waals surface area contributed by atoms with Crippen molar-refractivity contribution < 1.29 is 19.6 Å². The average molecular weight is 314 g/mol. The molecule has 0 unspecified atom stereocenters. The van der Waals surface area contributed by atoms with E-state index >= 15 is 0 Å². The van der Waals surface area contributed by atoms with Crippen LogP contribution in [0.25, 0.3) is 0 Å². The summed E-state index contributed by atoms with van der Waals surface area (Å²) in [4.78, 5) is 33.3. The molecule has 0 bridgehead atoms. The third kappa shape index (κ3) is 4.37. The van der Waals surface area contributed by atoms with Crippen LogP contribution in [0.1, 0.15) is 26.3 Å². The van der Waals surface area contributed by atoms with Crippen molar-refractivity contribution in [2.24, 2.45) is 0 Å². The third-order valence-corrected chi connectivity index (χ3v) is 3.20. The fourth-order valence-electron chi connectivity index (χ4n) is 2.04. The number of amides is 1. The minimum atomic E-state index is -1.14. The number of carbonyl (C=O) groups is 2. The van der Waals surface area contributed by atoms with Gasteiger partial charge in [-0.25, -0.2) is 4.79 Å². The lowest BCUT2D eigenvalue weighted by Gasteiger charge is -2.11. The number of nitro groups is 1. The molecule has 0 aliphatic carbocycles. The predicted octanol–water partition coefficient (Wildman–Crippen LogP) is 2.46. The minimum absolute atomic E-state index is 0.00165. The van der Waals surface area contributed by atoms with E-state index in [9.17, 15) is 19.7 Å². The Labute approximate surface area is 131 Å². The number of nitrogens with one attached hydrogen (secondary N) is 1. The zero-order valence-corrected chi connectivity index (χ0v) is 12.1. The highest BCUT2D eigenvalue weighted by Crippen LogP contribution is 2.20. The zero-order chi connectivity index (χ0) is 16.8. The summed E-state index contributed by atoms with van der Waals surface area (Å²) in [5.74, 6) is -1.54. The van der Waals surface area contributed by atoms with E-state index in [-0.39, 0.29) is 24.2 Å². The maximum absolute atomic E-state index is 12.2. The summed E-state index contributed by atoms with van der Waals surface area (Å²) in [5.41, 5.74) is 1.18. The second-order valence-electron chi connectivity index (χ2n) is 4.80. The number of aromatic carboxylic acids is 1. The average Bonchev–Trinajstić information content (AvgIpc) is 2.54. The Bertz CT molecular complexity index is 743. The molecular formula is C16H14N2O5. The van der Waals surface area contributed by atoms with E-state index in [1.165, 1.54) is 18.2 Å². The summed E-state index contributed by atoms with van der Waals surface area (Å²) in [6.45, 7) is -0.305. The molecule has 1 amide bonds. The molecule has 118 valence electrons. The highest BCUT2D eigenvalue weighted by Gasteiger charge is 2.13. The third-order valence-electron chi connectivity index (χ3n) is 3.20. The number of rotatable bonds is 6. The molecular weight excluding hydrogens is 300 g/mol. The highest BCUT2D eigenvalue weighted by molar-refractivity contribution is 6.05. The molecule has 2 N–H and O–H groups in total. The molecule has 2 rings (SSSR count). The van der Waals surface area contributed by atoms with E-state index in [1.807, 2.05) is 0 Å². The zero-order valence-electron chi connectivity index (χ0n) is 12.1. The van der Waals surface area contributed by atoms with E-state index in [4.69, 9.17) is 5.11 Å². The van der Waals surface area contributed by atoms with Crippen molar-refractivity contribution in [3.63, 3.8) is 0 Å². The van der Waals surface area contributed by atoms with Gasteiger partial charge in [-0.3, -0.25) is 14.9 Å². The normalized spacial score (nSPS) is 10.1. The van der Waals surface area contributed by atoms with E-state index in [0.717, 1.165) is 0 Å². The molecule has 0 spiro atoms. The molecule has 0 saturated heterocycles. The second-order valence-corrected chi connectivity index (χ2v) is 4.80. The van der Waals surface area contributed by atoms with Crippen molar-refractivity contribution in [2.45, 2.75) is 6.42 Å². The summed E-state index contributed by atoms with van der Waals surface area (Å²) >= 11 is 0. The summed E-state index contributed by atoms with van der Waals surface area (Å²) in [6.07, 6.45) is 0.0945. The first-order valence-corrected chi connectivity index (χ1v) is 6.82. The quantitative estimate of drug-likeness (QED) is 0.628. The van der Waals surface area contributed by atoms with Gasteiger partial charge in [0, 0.05) is 22.6 Å². The molecule has 0 radical (unpaired) electrons. The van der Waals surface area contributed by atoms with E-state index in [1.54, 1.807) is 30.3 Å². The predicted molar refractivity (Wildman–Crippen MR) is 83.4 cm³/mol. The maximum Gasteiger partial charge on any atom is 0.335 e. The van der Waals surface area contributed by atoms with Gasteiger partial charge in [0.15, 0.2) is 0 Å². The van der Waals surface area contributed by atoms with Crippen molar-refractivity contribution in [3.8, 4) is 0 Å². The summed E-state index contributed by atoms with van der Waals surface area (Å²) < 4.78 is 0. The Morgan fingerprint density at radius 3 is 2.39 bits per heavy atom. The fourth-order valence-corrected chi connectivity index (χ4v) is 2.04. The number of carboxylic acid groups (broad SMARTS) is 1. The van der Waals surface area contributed by atoms with E-state index < -0.39 is 16.8 Å². The van der Waals surface area contributed by atoms with Crippen molar-refractivity contribution in [2.75, 3.05) is 11.9 Å². The van der Waals surface area contributed by atoms with Gasteiger partial charge < -0.3 is 10.4 Å². The Morgan fingerprint density at radius 1 is 1.09 bits per heavy atom. The highest BCUT2D eigenvalue weighted by atomic mass is 16.6. The van der Waals surface area contributed by atoms with Crippen molar-refractivity contribution in [3.05, 3.63) is 75.3 Å². The molecule has 2 aromatic rings. The van der Waals surface area contributed by atoms with Crippen LogP contribution >= 0.6 is 0 Å². The standard InChI is InChI=1S/C16H14N2O5/c19-15(12-4-2-1-3-5-12)17-14-10-13(16(20)21)7-6-11(14)8-9-18(22)23/h1-7,10H,8-9H2,(H,17,19)(H,20,21). The molecule has 0 fully saturated rings. The fraction of sp³-hybridized carbons (Fsp3) is 0.125. The van der Waals surface area contributed by atoms with E-state index in [2.05, 4.69) is 5.32 Å². The Balaban J connectivity index is 2.29. The van der Waals surface area contributed by atoms with Gasteiger partial charge in [0.1, 0.15) is 0 Å². The van der Waals surface area contributed by atoms with Crippen molar-refractivity contribution >= 4 is 17.6 Å². The van der Waals surface area contributed by atoms with Crippen LogP contribution in [-0.2, 0) is 6.42 Å². The van der Waals surface area contributed by atoms with Gasteiger partial charge in [-0.15, -0.1) is 0 Å². The van der Waals surface area contributed by atoms with Crippen LogP contribution in [0, 0.1) is 10.1 Å². The number of hydrogen-bond acceptors (Lipinski definition) is 4. The van der Waals surface area contributed by atoms with Crippen LogP contribution in [-0.4, -0.2) is 28.5 Å². The Hall–Kier alpha value is -3.22. The van der Waals surface area contributed by atoms with Crippen LogP contribution < -0.4 is 5.32 Å². The molecule has 0 aliphatic rings. The van der Waals surface area contributed by atoms with E-state index in [0.29, 0.717) is 11.1 Å². The largest absolute Gasteiger partial charge is 0.478 e. The topological polar surface area (TPSA) is 110 Å². The molecule has 0 aliphatic heterocycles. The first kappa shape index (κ1) is 16.2. The van der Waals surface area contributed by atoms with Gasteiger partial charge in [0.2, 0.25) is 6.54 Å². The Kier molecular flexibility index (Phi) is 5.03. The molecule has 0 saturated carbocycles. The maximum atomic E-state index is 12.2. The van der Waals surface area contributed by atoms with Gasteiger partial charge >= 0.3 is 5.97 Å². The molecule has 7 nitrogen and oxygen atoms in total. The Morgan fingerprint density at radius 2 is 1.78 bits per heavy atom. The molecule has 0 aromatic heterocycles. The van der Waals surface area contributed by atoms with Crippen LogP contribution in [0.2, 0.25) is 0 Å². The molecule has 0 atom stereocenters. The lowest BCUT2D eigenvalue weighted by molar-refractivity contribution is -0.479. The number of carbonyl (C=O) groups excluding carboxylic acids is 1. The number of nitrogens with zero attached hydrogens (tertiary/aromatic N) is 1.